The second-order valence-electron chi connectivity index (χ2n) is 5.54. The van der Waals surface area contributed by atoms with E-state index in [0.29, 0.717) is 5.92 Å². The van der Waals surface area contributed by atoms with Crippen molar-refractivity contribution in [3.05, 3.63) is 34.9 Å². The van der Waals surface area contributed by atoms with Crippen LogP contribution >= 0.6 is 0 Å². The number of benzene rings is 1. The Hall–Kier alpha value is -1.35. The van der Waals surface area contributed by atoms with Crippen LogP contribution in [0.4, 0.5) is 0 Å². The number of hydrogen-bond acceptors (Lipinski definition) is 2. The summed E-state index contributed by atoms with van der Waals surface area (Å²) in [5.41, 5.74) is 3.17. The Labute approximate surface area is 116 Å². The second-order valence-corrected chi connectivity index (χ2v) is 5.54. The van der Waals surface area contributed by atoms with Crippen LogP contribution in [0, 0.1) is 19.8 Å². The summed E-state index contributed by atoms with van der Waals surface area (Å²) in [6.45, 7) is 6.93. The molecule has 0 radical (unpaired) electrons. The summed E-state index contributed by atoms with van der Waals surface area (Å²) in [4.78, 5) is 14.6. The van der Waals surface area contributed by atoms with Crippen molar-refractivity contribution >= 4 is 5.91 Å². The molecule has 0 saturated carbocycles. The number of likely N-dealkylation sites (tertiary alicyclic amines) is 1. The molecule has 1 fully saturated rings. The fourth-order valence-electron chi connectivity index (χ4n) is 2.78. The third-order valence-corrected chi connectivity index (χ3v) is 4.23. The van der Waals surface area contributed by atoms with Crippen molar-refractivity contribution in [1.82, 2.24) is 10.2 Å². The van der Waals surface area contributed by atoms with E-state index in [2.05, 4.69) is 18.3 Å². The van der Waals surface area contributed by atoms with Crippen molar-refractivity contribution in [2.75, 3.05) is 26.7 Å². The zero-order valence-corrected chi connectivity index (χ0v) is 12.2. The van der Waals surface area contributed by atoms with Gasteiger partial charge in [-0.1, -0.05) is 12.1 Å². The van der Waals surface area contributed by atoms with Crippen LogP contribution in [-0.4, -0.2) is 37.5 Å². The monoisotopic (exact) mass is 260 g/mol. The summed E-state index contributed by atoms with van der Waals surface area (Å²) in [7, 11) is 1.99. The summed E-state index contributed by atoms with van der Waals surface area (Å²) >= 11 is 0. The number of nitrogens with one attached hydrogen (secondary N) is 1. The first kappa shape index (κ1) is 14.1. The van der Waals surface area contributed by atoms with E-state index in [4.69, 9.17) is 0 Å². The van der Waals surface area contributed by atoms with Gasteiger partial charge in [0.2, 0.25) is 0 Å². The standard InChI is InChI=1S/C16H24N2O/c1-12-5-4-6-15(13(12)2)16(19)18-9-7-14(8-10-18)11-17-3/h4-6,14,17H,7-11H2,1-3H3. The van der Waals surface area contributed by atoms with E-state index in [-0.39, 0.29) is 5.91 Å². The molecule has 0 atom stereocenters. The normalized spacial score (nSPS) is 16.7. The van der Waals surface area contributed by atoms with Crippen molar-refractivity contribution in [2.24, 2.45) is 5.92 Å². The largest absolute Gasteiger partial charge is 0.339 e. The number of hydrogen-bond donors (Lipinski definition) is 1. The molecule has 3 nitrogen and oxygen atoms in total. The molecule has 0 aromatic heterocycles. The number of carbonyl (C=O) groups is 1. The number of amides is 1. The van der Waals surface area contributed by atoms with Crippen LogP contribution in [-0.2, 0) is 0 Å². The summed E-state index contributed by atoms with van der Waals surface area (Å²) in [5, 5.41) is 3.23. The van der Waals surface area contributed by atoms with E-state index in [1.165, 1.54) is 5.56 Å². The zero-order chi connectivity index (χ0) is 13.8. The summed E-state index contributed by atoms with van der Waals surface area (Å²) in [6, 6.07) is 5.99. The lowest BCUT2D eigenvalue weighted by molar-refractivity contribution is 0.0690. The smallest absolute Gasteiger partial charge is 0.254 e. The Morgan fingerprint density at radius 1 is 1.32 bits per heavy atom. The molecular weight excluding hydrogens is 236 g/mol. The molecule has 0 aliphatic carbocycles. The molecule has 1 aromatic rings. The Morgan fingerprint density at radius 3 is 2.63 bits per heavy atom. The molecule has 0 bridgehead atoms. The van der Waals surface area contributed by atoms with Crippen molar-refractivity contribution in [3.63, 3.8) is 0 Å². The zero-order valence-electron chi connectivity index (χ0n) is 12.2. The number of aryl methyl sites for hydroxylation is 1. The molecule has 1 aliphatic rings. The Balaban J connectivity index is 2.03. The predicted molar refractivity (Wildman–Crippen MR) is 78.5 cm³/mol. The average Bonchev–Trinajstić information content (AvgIpc) is 2.42. The lowest BCUT2D eigenvalue weighted by Crippen LogP contribution is -2.40. The van der Waals surface area contributed by atoms with E-state index < -0.39 is 0 Å². The van der Waals surface area contributed by atoms with Crippen LogP contribution in [0.5, 0.6) is 0 Å². The fraction of sp³-hybridized carbons (Fsp3) is 0.562. The third-order valence-electron chi connectivity index (χ3n) is 4.23. The van der Waals surface area contributed by atoms with Gasteiger partial charge in [-0.25, -0.2) is 0 Å². The quantitative estimate of drug-likeness (QED) is 0.905. The van der Waals surface area contributed by atoms with E-state index in [1.807, 2.05) is 31.0 Å². The van der Waals surface area contributed by atoms with Crippen LogP contribution in [0.15, 0.2) is 18.2 Å². The average molecular weight is 260 g/mol. The van der Waals surface area contributed by atoms with Gasteiger partial charge in [-0.05, 0) is 63.4 Å². The molecule has 1 amide bonds. The fourth-order valence-corrected chi connectivity index (χ4v) is 2.78. The van der Waals surface area contributed by atoms with Gasteiger partial charge in [-0.2, -0.15) is 0 Å². The summed E-state index contributed by atoms with van der Waals surface area (Å²) in [5.74, 6) is 0.914. The van der Waals surface area contributed by atoms with Crippen LogP contribution in [0.2, 0.25) is 0 Å². The minimum Gasteiger partial charge on any atom is -0.339 e. The number of nitrogens with zero attached hydrogens (tertiary/aromatic N) is 1. The molecule has 3 heteroatoms. The minimum absolute atomic E-state index is 0.198. The summed E-state index contributed by atoms with van der Waals surface area (Å²) < 4.78 is 0. The van der Waals surface area contributed by atoms with Gasteiger partial charge in [0, 0.05) is 18.7 Å². The molecule has 1 N–H and O–H groups in total. The van der Waals surface area contributed by atoms with Crippen molar-refractivity contribution < 1.29 is 4.79 Å². The summed E-state index contributed by atoms with van der Waals surface area (Å²) in [6.07, 6.45) is 2.22. The molecule has 1 aliphatic heterocycles. The number of carbonyl (C=O) groups excluding carboxylic acids is 1. The SMILES string of the molecule is CNCC1CCN(C(=O)c2cccc(C)c2C)CC1. The van der Waals surface area contributed by atoms with Gasteiger partial charge in [0.05, 0.1) is 0 Å². The highest BCUT2D eigenvalue weighted by molar-refractivity contribution is 5.96. The van der Waals surface area contributed by atoms with Gasteiger partial charge in [0.15, 0.2) is 0 Å². The minimum atomic E-state index is 0.198. The van der Waals surface area contributed by atoms with Crippen LogP contribution < -0.4 is 5.32 Å². The second kappa shape index (κ2) is 6.20. The van der Waals surface area contributed by atoms with Gasteiger partial charge in [0.1, 0.15) is 0 Å². The maximum absolute atomic E-state index is 12.5. The molecule has 1 aromatic carbocycles. The van der Waals surface area contributed by atoms with Gasteiger partial charge >= 0.3 is 0 Å². The van der Waals surface area contributed by atoms with Crippen molar-refractivity contribution in [1.29, 1.82) is 0 Å². The molecule has 104 valence electrons. The number of piperidine rings is 1. The maximum atomic E-state index is 12.5. The van der Waals surface area contributed by atoms with Gasteiger partial charge in [-0.3, -0.25) is 4.79 Å². The Kier molecular flexibility index (Phi) is 4.59. The third kappa shape index (κ3) is 3.16. The Morgan fingerprint density at radius 2 is 2.00 bits per heavy atom. The van der Waals surface area contributed by atoms with Crippen molar-refractivity contribution in [3.8, 4) is 0 Å². The number of rotatable bonds is 3. The molecule has 0 spiro atoms. The molecule has 0 unspecified atom stereocenters. The first-order valence-electron chi connectivity index (χ1n) is 7.13. The first-order chi connectivity index (χ1) is 9.13. The van der Waals surface area contributed by atoms with E-state index in [1.54, 1.807) is 0 Å². The molecule has 1 heterocycles. The predicted octanol–water partition coefficient (Wildman–Crippen LogP) is 2.38. The first-order valence-corrected chi connectivity index (χ1v) is 7.13. The van der Waals surface area contributed by atoms with E-state index in [9.17, 15) is 4.79 Å². The molecule has 19 heavy (non-hydrogen) atoms. The van der Waals surface area contributed by atoms with E-state index >= 15 is 0 Å². The maximum Gasteiger partial charge on any atom is 0.254 e. The van der Waals surface area contributed by atoms with Crippen LogP contribution in [0.25, 0.3) is 0 Å². The molecular formula is C16H24N2O. The van der Waals surface area contributed by atoms with E-state index in [0.717, 1.165) is 43.6 Å². The molecule has 1 saturated heterocycles. The van der Waals surface area contributed by atoms with Crippen LogP contribution in [0.3, 0.4) is 0 Å². The van der Waals surface area contributed by atoms with Gasteiger partial charge in [-0.15, -0.1) is 0 Å². The highest BCUT2D eigenvalue weighted by atomic mass is 16.2. The highest BCUT2D eigenvalue weighted by Crippen LogP contribution is 2.20. The van der Waals surface area contributed by atoms with Crippen LogP contribution in [0.1, 0.15) is 34.3 Å². The lowest BCUT2D eigenvalue weighted by atomic mass is 9.95. The van der Waals surface area contributed by atoms with Crippen molar-refractivity contribution in [2.45, 2.75) is 26.7 Å². The molecule has 2 rings (SSSR count). The highest BCUT2D eigenvalue weighted by Gasteiger charge is 2.24. The Bertz CT molecular complexity index is 448. The topological polar surface area (TPSA) is 32.3 Å². The van der Waals surface area contributed by atoms with Gasteiger partial charge < -0.3 is 10.2 Å². The lowest BCUT2D eigenvalue weighted by Gasteiger charge is -2.32. The van der Waals surface area contributed by atoms with Gasteiger partial charge in [0.25, 0.3) is 5.91 Å².